The van der Waals surface area contributed by atoms with Crippen LogP contribution in [0.5, 0.6) is 0 Å². The predicted molar refractivity (Wildman–Crippen MR) is 78.0 cm³/mol. The monoisotopic (exact) mass is 279 g/mol. The molecule has 1 fully saturated rings. The van der Waals surface area contributed by atoms with Crippen LogP contribution in [0.1, 0.15) is 33.5 Å². The second kappa shape index (κ2) is 4.99. The summed E-state index contributed by atoms with van der Waals surface area (Å²) in [6.07, 6.45) is 4.47. The lowest BCUT2D eigenvalue weighted by atomic mass is 10.2. The number of aryl methyl sites for hydroxylation is 1. The number of nitrogens with zero attached hydrogens (tertiary/aromatic N) is 2. The standard InChI is InChI=1S/C13H17N3S2/c1-9-4-5-12(17-9)11-3-2-6-16(11)8-10-7-15-13(14)18-10/h4-5,7,11H,2-3,6,8H2,1H3,(H2,14,15). The Morgan fingerprint density at radius 1 is 1.44 bits per heavy atom. The summed E-state index contributed by atoms with van der Waals surface area (Å²) < 4.78 is 0. The molecule has 2 aromatic rings. The van der Waals surface area contributed by atoms with E-state index in [1.54, 1.807) is 11.3 Å². The molecule has 1 atom stereocenters. The van der Waals surface area contributed by atoms with Gasteiger partial charge in [0.25, 0.3) is 0 Å². The summed E-state index contributed by atoms with van der Waals surface area (Å²) >= 11 is 3.53. The van der Waals surface area contributed by atoms with Crippen LogP contribution >= 0.6 is 22.7 Å². The number of hydrogen-bond donors (Lipinski definition) is 1. The molecule has 2 N–H and O–H groups in total. The molecule has 0 amide bonds. The van der Waals surface area contributed by atoms with E-state index in [2.05, 4.69) is 28.9 Å². The summed E-state index contributed by atoms with van der Waals surface area (Å²) in [5.74, 6) is 0. The van der Waals surface area contributed by atoms with Crippen molar-refractivity contribution in [3.05, 3.63) is 33.0 Å². The van der Waals surface area contributed by atoms with E-state index < -0.39 is 0 Å². The number of nitrogen functional groups attached to an aromatic ring is 1. The van der Waals surface area contributed by atoms with E-state index in [-0.39, 0.29) is 0 Å². The highest BCUT2D eigenvalue weighted by atomic mass is 32.1. The molecule has 0 bridgehead atoms. The van der Waals surface area contributed by atoms with Crippen molar-refractivity contribution in [1.82, 2.24) is 9.88 Å². The first-order valence-corrected chi connectivity index (χ1v) is 7.86. The maximum atomic E-state index is 5.69. The van der Waals surface area contributed by atoms with Crippen molar-refractivity contribution >= 4 is 27.8 Å². The van der Waals surface area contributed by atoms with E-state index in [4.69, 9.17) is 5.73 Å². The van der Waals surface area contributed by atoms with Crippen LogP contribution in [0, 0.1) is 6.92 Å². The zero-order chi connectivity index (χ0) is 12.5. The number of anilines is 1. The number of thiazole rings is 1. The molecule has 2 aromatic heterocycles. The molecule has 5 heteroatoms. The van der Waals surface area contributed by atoms with Crippen LogP contribution in [0.3, 0.4) is 0 Å². The fourth-order valence-electron chi connectivity index (χ4n) is 2.57. The van der Waals surface area contributed by atoms with Crippen molar-refractivity contribution in [3.8, 4) is 0 Å². The number of rotatable bonds is 3. The van der Waals surface area contributed by atoms with Crippen molar-refractivity contribution in [1.29, 1.82) is 0 Å². The van der Waals surface area contributed by atoms with Crippen molar-refractivity contribution in [2.45, 2.75) is 32.4 Å². The summed E-state index contributed by atoms with van der Waals surface area (Å²) in [6, 6.07) is 5.10. The average Bonchev–Trinajstić information content (AvgIpc) is 3.01. The fourth-order valence-corrected chi connectivity index (χ4v) is 4.32. The maximum absolute atomic E-state index is 5.69. The zero-order valence-electron chi connectivity index (χ0n) is 10.4. The first kappa shape index (κ1) is 12.1. The van der Waals surface area contributed by atoms with Crippen LogP contribution in [0.15, 0.2) is 18.3 Å². The first-order valence-electron chi connectivity index (χ1n) is 6.23. The molecule has 1 aliphatic rings. The van der Waals surface area contributed by atoms with E-state index >= 15 is 0 Å². The minimum atomic E-state index is 0.590. The molecule has 18 heavy (non-hydrogen) atoms. The topological polar surface area (TPSA) is 42.2 Å². The Bertz CT molecular complexity index is 532. The lowest BCUT2D eigenvalue weighted by molar-refractivity contribution is 0.254. The van der Waals surface area contributed by atoms with Gasteiger partial charge in [0.2, 0.25) is 0 Å². The average molecular weight is 279 g/mol. The normalized spacial score (nSPS) is 20.6. The highest BCUT2D eigenvalue weighted by molar-refractivity contribution is 7.15. The van der Waals surface area contributed by atoms with Crippen LogP contribution in [0.2, 0.25) is 0 Å². The number of likely N-dealkylation sites (tertiary alicyclic amines) is 1. The Hall–Kier alpha value is -0.910. The van der Waals surface area contributed by atoms with E-state index in [9.17, 15) is 0 Å². The second-order valence-corrected chi connectivity index (χ2v) is 7.21. The molecule has 1 aliphatic heterocycles. The summed E-state index contributed by atoms with van der Waals surface area (Å²) in [7, 11) is 0. The van der Waals surface area contributed by atoms with E-state index in [0.29, 0.717) is 11.2 Å². The minimum Gasteiger partial charge on any atom is -0.375 e. The molecule has 0 saturated carbocycles. The Labute approximate surface area is 115 Å². The summed E-state index contributed by atoms with van der Waals surface area (Å²) in [5.41, 5.74) is 5.69. The van der Waals surface area contributed by atoms with Crippen LogP contribution in [-0.4, -0.2) is 16.4 Å². The Balaban J connectivity index is 1.75. The quantitative estimate of drug-likeness (QED) is 0.936. The predicted octanol–water partition coefficient (Wildman–Crippen LogP) is 3.43. The van der Waals surface area contributed by atoms with Crippen LogP contribution < -0.4 is 5.73 Å². The largest absolute Gasteiger partial charge is 0.375 e. The van der Waals surface area contributed by atoms with Gasteiger partial charge in [0, 0.05) is 33.4 Å². The number of hydrogen-bond acceptors (Lipinski definition) is 5. The molecule has 3 heterocycles. The first-order chi connectivity index (χ1) is 8.72. The molecule has 0 radical (unpaired) electrons. The molecule has 3 nitrogen and oxygen atoms in total. The van der Waals surface area contributed by atoms with Gasteiger partial charge < -0.3 is 5.73 Å². The van der Waals surface area contributed by atoms with Crippen molar-refractivity contribution in [2.75, 3.05) is 12.3 Å². The third-order valence-corrected chi connectivity index (χ3v) is 5.30. The van der Waals surface area contributed by atoms with Gasteiger partial charge in [-0.2, -0.15) is 0 Å². The lowest BCUT2D eigenvalue weighted by Gasteiger charge is -2.22. The number of thiophene rings is 1. The van der Waals surface area contributed by atoms with Gasteiger partial charge in [0.1, 0.15) is 0 Å². The molecular weight excluding hydrogens is 262 g/mol. The molecular formula is C13H17N3S2. The van der Waals surface area contributed by atoms with Gasteiger partial charge in [0.05, 0.1) is 0 Å². The summed E-state index contributed by atoms with van der Waals surface area (Å²) in [4.78, 5) is 10.9. The fraction of sp³-hybridized carbons (Fsp3) is 0.462. The second-order valence-electron chi connectivity index (χ2n) is 4.74. The van der Waals surface area contributed by atoms with Crippen molar-refractivity contribution in [2.24, 2.45) is 0 Å². The van der Waals surface area contributed by atoms with Crippen LogP contribution in [0.4, 0.5) is 5.13 Å². The maximum Gasteiger partial charge on any atom is 0.180 e. The molecule has 1 unspecified atom stereocenters. The molecule has 3 rings (SSSR count). The summed E-state index contributed by atoms with van der Waals surface area (Å²) in [6.45, 7) is 4.34. The smallest absolute Gasteiger partial charge is 0.180 e. The van der Waals surface area contributed by atoms with E-state index in [0.717, 1.165) is 6.54 Å². The molecule has 0 aromatic carbocycles. The van der Waals surface area contributed by atoms with E-state index in [1.807, 2.05) is 17.5 Å². The highest BCUT2D eigenvalue weighted by Gasteiger charge is 2.27. The molecule has 0 aliphatic carbocycles. The third kappa shape index (κ3) is 2.43. The van der Waals surface area contributed by atoms with Gasteiger partial charge in [0.15, 0.2) is 5.13 Å². The van der Waals surface area contributed by atoms with E-state index in [1.165, 1.54) is 34.0 Å². The van der Waals surface area contributed by atoms with Crippen LogP contribution in [-0.2, 0) is 6.54 Å². The van der Waals surface area contributed by atoms with Gasteiger partial charge >= 0.3 is 0 Å². The minimum absolute atomic E-state index is 0.590. The van der Waals surface area contributed by atoms with Gasteiger partial charge in [-0.25, -0.2) is 4.98 Å². The molecule has 0 spiro atoms. The summed E-state index contributed by atoms with van der Waals surface area (Å²) in [5, 5.41) is 0.674. The zero-order valence-corrected chi connectivity index (χ0v) is 12.1. The van der Waals surface area contributed by atoms with Gasteiger partial charge in [-0.05, 0) is 38.4 Å². The highest BCUT2D eigenvalue weighted by Crippen LogP contribution is 2.37. The Morgan fingerprint density at radius 2 is 2.33 bits per heavy atom. The molecule has 1 saturated heterocycles. The van der Waals surface area contributed by atoms with Gasteiger partial charge in [-0.1, -0.05) is 0 Å². The van der Waals surface area contributed by atoms with Gasteiger partial charge in [-0.3, -0.25) is 4.90 Å². The third-order valence-electron chi connectivity index (χ3n) is 3.38. The Morgan fingerprint density at radius 3 is 3.00 bits per heavy atom. The van der Waals surface area contributed by atoms with Gasteiger partial charge in [-0.15, -0.1) is 22.7 Å². The number of nitrogens with two attached hydrogens (primary N) is 1. The van der Waals surface area contributed by atoms with Crippen molar-refractivity contribution < 1.29 is 0 Å². The van der Waals surface area contributed by atoms with Crippen molar-refractivity contribution in [3.63, 3.8) is 0 Å². The lowest BCUT2D eigenvalue weighted by Crippen LogP contribution is -2.21. The Kier molecular flexibility index (Phi) is 3.37. The number of aromatic nitrogens is 1. The van der Waals surface area contributed by atoms with Crippen LogP contribution in [0.25, 0.3) is 0 Å². The SMILES string of the molecule is Cc1ccc(C2CCCN2Cc2cnc(N)s2)s1. The molecule has 96 valence electrons.